The molecule has 1 aliphatic rings. The smallest absolute Gasteiger partial charge is 0.255 e. The van der Waals surface area contributed by atoms with Gasteiger partial charge in [0.05, 0.1) is 5.69 Å². The Labute approximate surface area is 202 Å². The van der Waals surface area contributed by atoms with E-state index in [1.807, 2.05) is 62.4 Å². The Balaban J connectivity index is 1.66. The molecule has 0 aliphatic carbocycles. The van der Waals surface area contributed by atoms with Gasteiger partial charge < -0.3 is 15.8 Å². The van der Waals surface area contributed by atoms with Gasteiger partial charge in [0, 0.05) is 34.9 Å². The molecule has 2 amide bonds. The van der Waals surface area contributed by atoms with Crippen molar-refractivity contribution in [2.75, 3.05) is 11.9 Å². The zero-order valence-corrected chi connectivity index (χ0v) is 19.4. The van der Waals surface area contributed by atoms with Crippen LogP contribution < -0.4 is 15.8 Å². The topological polar surface area (TPSA) is 125 Å². The number of hydrogen-bond acceptors (Lipinski definition) is 6. The van der Waals surface area contributed by atoms with Crippen LogP contribution in [0.25, 0.3) is 17.2 Å². The number of aryl methyl sites for hydroxylation is 2. The predicted octanol–water partition coefficient (Wildman–Crippen LogP) is 3.28. The lowest BCUT2D eigenvalue weighted by molar-refractivity contribution is -0.120. The standard InChI is InChI=1S/C26H24N6O3/c1-15-12-16(2)29-26(28-15)32-25-23(24(31-32)18-6-4-3-5-7-18)20(13-22(34)30-25)17-8-10-19(11-9-17)35-14-21(27)33/h3-12,20H,13-14H2,1-2H3,(H2,27,33)(H,30,34)/t20-/m0/s1. The SMILES string of the molecule is Cc1cc(C)nc(-n2nc(-c3ccccc3)c3c2NC(=O)C[C@H]3c2ccc(OCC(N)=O)cc2)n1. The first-order valence-corrected chi connectivity index (χ1v) is 11.2. The molecule has 0 bridgehead atoms. The average Bonchev–Trinajstić information content (AvgIpc) is 3.22. The van der Waals surface area contributed by atoms with Crippen molar-refractivity contribution in [3.8, 4) is 23.0 Å². The number of primary amides is 1. The van der Waals surface area contributed by atoms with E-state index in [1.165, 1.54) is 0 Å². The largest absolute Gasteiger partial charge is 0.484 e. The number of aromatic nitrogens is 4. The maximum Gasteiger partial charge on any atom is 0.255 e. The first kappa shape index (κ1) is 22.3. The molecule has 1 atom stereocenters. The van der Waals surface area contributed by atoms with E-state index in [4.69, 9.17) is 15.6 Å². The van der Waals surface area contributed by atoms with Crippen LogP contribution >= 0.6 is 0 Å². The molecule has 2 aromatic carbocycles. The highest BCUT2D eigenvalue weighted by Gasteiger charge is 2.35. The number of amides is 2. The molecule has 1 aliphatic heterocycles. The van der Waals surface area contributed by atoms with Crippen LogP contribution in [-0.4, -0.2) is 38.2 Å². The number of nitrogens with two attached hydrogens (primary N) is 1. The lowest BCUT2D eigenvalue weighted by Gasteiger charge is -2.24. The molecule has 0 fully saturated rings. The van der Waals surface area contributed by atoms with Crippen LogP contribution in [-0.2, 0) is 9.59 Å². The van der Waals surface area contributed by atoms with Crippen molar-refractivity contribution < 1.29 is 14.3 Å². The van der Waals surface area contributed by atoms with Crippen LogP contribution in [0, 0.1) is 13.8 Å². The van der Waals surface area contributed by atoms with Gasteiger partial charge in [0.1, 0.15) is 11.6 Å². The summed E-state index contributed by atoms with van der Waals surface area (Å²) >= 11 is 0. The van der Waals surface area contributed by atoms with Gasteiger partial charge >= 0.3 is 0 Å². The van der Waals surface area contributed by atoms with Gasteiger partial charge in [-0.15, -0.1) is 0 Å². The maximum absolute atomic E-state index is 12.8. The number of nitrogens with zero attached hydrogens (tertiary/aromatic N) is 4. The predicted molar refractivity (Wildman–Crippen MR) is 130 cm³/mol. The summed E-state index contributed by atoms with van der Waals surface area (Å²) in [6.07, 6.45) is 0.258. The Morgan fingerprint density at radius 1 is 1.09 bits per heavy atom. The van der Waals surface area contributed by atoms with Crippen molar-refractivity contribution in [1.29, 1.82) is 0 Å². The molecule has 0 spiro atoms. The fourth-order valence-corrected chi connectivity index (χ4v) is 4.34. The number of nitrogens with one attached hydrogen (secondary N) is 1. The highest BCUT2D eigenvalue weighted by atomic mass is 16.5. The number of hydrogen-bond donors (Lipinski definition) is 2. The highest BCUT2D eigenvalue weighted by Crippen LogP contribution is 2.43. The molecule has 0 unspecified atom stereocenters. The third kappa shape index (κ3) is 4.48. The Kier molecular flexibility index (Phi) is 5.74. The quantitative estimate of drug-likeness (QED) is 0.447. The van der Waals surface area contributed by atoms with Gasteiger partial charge in [-0.1, -0.05) is 42.5 Å². The van der Waals surface area contributed by atoms with Gasteiger partial charge in [-0.2, -0.15) is 9.78 Å². The number of fused-ring (bicyclic) bond motifs is 1. The molecular weight excluding hydrogens is 444 g/mol. The van der Waals surface area contributed by atoms with Crippen LogP contribution in [0.3, 0.4) is 0 Å². The van der Waals surface area contributed by atoms with Gasteiger partial charge in [-0.05, 0) is 37.6 Å². The highest BCUT2D eigenvalue weighted by molar-refractivity contribution is 5.96. The van der Waals surface area contributed by atoms with E-state index < -0.39 is 5.91 Å². The average molecular weight is 469 g/mol. The van der Waals surface area contributed by atoms with Crippen molar-refractivity contribution in [3.63, 3.8) is 0 Å². The van der Waals surface area contributed by atoms with Gasteiger partial charge in [0.15, 0.2) is 6.61 Å². The monoisotopic (exact) mass is 468 g/mol. The summed E-state index contributed by atoms with van der Waals surface area (Å²) in [7, 11) is 0. The maximum atomic E-state index is 12.8. The molecular formula is C26H24N6O3. The number of rotatable bonds is 6. The van der Waals surface area contributed by atoms with E-state index in [0.717, 1.165) is 33.8 Å². The van der Waals surface area contributed by atoms with E-state index in [2.05, 4.69) is 15.3 Å². The normalized spacial score (nSPS) is 14.8. The second-order valence-electron chi connectivity index (χ2n) is 8.47. The first-order valence-electron chi connectivity index (χ1n) is 11.2. The summed E-state index contributed by atoms with van der Waals surface area (Å²) in [6, 6.07) is 19.0. The number of ether oxygens (including phenoxy) is 1. The van der Waals surface area contributed by atoms with Gasteiger partial charge in [0.25, 0.3) is 11.9 Å². The van der Waals surface area contributed by atoms with E-state index in [9.17, 15) is 9.59 Å². The minimum atomic E-state index is -0.545. The van der Waals surface area contributed by atoms with E-state index in [-0.39, 0.29) is 24.9 Å². The molecule has 4 aromatic rings. The first-order chi connectivity index (χ1) is 16.9. The van der Waals surface area contributed by atoms with Crippen LogP contribution in [0.2, 0.25) is 0 Å². The van der Waals surface area contributed by atoms with Crippen molar-refractivity contribution in [2.45, 2.75) is 26.2 Å². The number of benzene rings is 2. The second kappa shape index (κ2) is 9.02. The molecule has 0 saturated carbocycles. The molecule has 176 valence electrons. The van der Waals surface area contributed by atoms with Crippen LogP contribution in [0.5, 0.6) is 5.75 Å². The fourth-order valence-electron chi connectivity index (χ4n) is 4.34. The third-order valence-electron chi connectivity index (χ3n) is 5.79. The third-order valence-corrected chi connectivity index (χ3v) is 5.79. The van der Waals surface area contributed by atoms with Crippen molar-refractivity contribution in [2.24, 2.45) is 5.73 Å². The Morgan fingerprint density at radius 2 is 1.77 bits per heavy atom. The minimum Gasteiger partial charge on any atom is -0.484 e. The van der Waals surface area contributed by atoms with E-state index in [1.54, 1.807) is 16.8 Å². The summed E-state index contributed by atoms with van der Waals surface area (Å²) in [5, 5.41) is 7.90. The summed E-state index contributed by atoms with van der Waals surface area (Å²) in [4.78, 5) is 33.0. The summed E-state index contributed by atoms with van der Waals surface area (Å²) < 4.78 is 7.01. The second-order valence-corrected chi connectivity index (χ2v) is 8.47. The number of carbonyl (C=O) groups excluding carboxylic acids is 2. The zero-order valence-electron chi connectivity index (χ0n) is 19.4. The Hall–Kier alpha value is -4.53. The minimum absolute atomic E-state index is 0.123. The molecule has 3 heterocycles. The molecule has 2 aromatic heterocycles. The van der Waals surface area contributed by atoms with Gasteiger partial charge in [0.2, 0.25) is 5.91 Å². The van der Waals surface area contributed by atoms with Crippen LogP contribution in [0.1, 0.15) is 34.9 Å². The molecule has 5 rings (SSSR count). The van der Waals surface area contributed by atoms with Crippen molar-refractivity contribution >= 4 is 17.6 Å². The van der Waals surface area contributed by atoms with E-state index in [0.29, 0.717) is 17.5 Å². The van der Waals surface area contributed by atoms with Crippen LogP contribution in [0.4, 0.5) is 5.82 Å². The molecule has 35 heavy (non-hydrogen) atoms. The molecule has 9 heteroatoms. The fraction of sp³-hybridized carbons (Fsp3) is 0.192. The molecule has 3 N–H and O–H groups in total. The molecule has 0 saturated heterocycles. The van der Waals surface area contributed by atoms with Crippen LogP contribution in [0.15, 0.2) is 60.7 Å². The number of carbonyl (C=O) groups is 2. The van der Waals surface area contributed by atoms with Gasteiger partial charge in [-0.25, -0.2) is 9.97 Å². The summed E-state index contributed by atoms with van der Waals surface area (Å²) in [6.45, 7) is 3.60. The Morgan fingerprint density at radius 3 is 2.43 bits per heavy atom. The van der Waals surface area contributed by atoms with Gasteiger partial charge in [-0.3, -0.25) is 9.59 Å². The number of anilines is 1. The molecule has 9 nitrogen and oxygen atoms in total. The summed E-state index contributed by atoms with van der Waals surface area (Å²) in [5.74, 6) is 0.563. The molecule has 0 radical (unpaired) electrons. The summed E-state index contributed by atoms with van der Waals surface area (Å²) in [5.41, 5.74) is 10.3. The van der Waals surface area contributed by atoms with Crippen molar-refractivity contribution in [1.82, 2.24) is 19.7 Å². The Bertz CT molecular complexity index is 1390. The van der Waals surface area contributed by atoms with E-state index >= 15 is 0 Å². The zero-order chi connectivity index (χ0) is 24.5. The lowest BCUT2D eigenvalue weighted by Crippen LogP contribution is -2.25. The lowest BCUT2D eigenvalue weighted by atomic mass is 9.84. The van der Waals surface area contributed by atoms with Crippen molar-refractivity contribution in [3.05, 3.63) is 83.2 Å².